The Kier molecular flexibility index (Phi) is 9.96. The molecule has 2 atom stereocenters. The number of carbonyl (C=O) groups is 3. The molecule has 4 rings (SSSR count). The number of halogens is 1. The third-order valence-corrected chi connectivity index (χ3v) is 8.00. The Bertz CT molecular complexity index is 1530. The second-order valence-electron chi connectivity index (χ2n) is 11.7. The van der Waals surface area contributed by atoms with Crippen molar-refractivity contribution < 1.29 is 23.9 Å². The fourth-order valence-electron chi connectivity index (χ4n) is 5.97. The van der Waals surface area contributed by atoms with Crippen LogP contribution in [-0.4, -0.2) is 52.4 Å². The summed E-state index contributed by atoms with van der Waals surface area (Å²) >= 11 is 0. The minimum atomic E-state index is -1.19. The zero-order valence-electron chi connectivity index (χ0n) is 25.8. The average Bonchev–Trinajstić information content (AvgIpc) is 2.92. The van der Waals surface area contributed by atoms with Crippen molar-refractivity contribution in [3.8, 4) is 11.1 Å². The molecule has 0 spiro atoms. The zero-order valence-corrected chi connectivity index (χ0v) is 25.8. The number of aromatic nitrogens is 1. The fourth-order valence-corrected chi connectivity index (χ4v) is 5.97. The predicted molar refractivity (Wildman–Crippen MR) is 164 cm³/mol. The van der Waals surface area contributed by atoms with Crippen LogP contribution in [0.2, 0.25) is 0 Å². The molecule has 1 unspecified atom stereocenters. The monoisotopic (exact) mass is 588 g/mol. The third-order valence-electron chi connectivity index (χ3n) is 8.00. The number of hydrogen-bond acceptors (Lipinski definition) is 5. The molecule has 1 aliphatic heterocycles. The highest BCUT2D eigenvalue weighted by molar-refractivity contribution is 5.96. The van der Waals surface area contributed by atoms with Gasteiger partial charge in [0.1, 0.15) is 17.6 Å². The summed E-state index contributed by atoms with van der Waals surface area (Å²) in [4.78, 5) is 45.4. The molecule has 0 radical (unpaired) electrons. The molecule has 1 aromatic heterocycles. The van der Waals surface area contributed by atoms with Crippen molar-refractivity contribution >= 4 is 17.8 Å². The number of aryl methyl sites for hydroxylation is 4. The molecule has 3 aromatic rings. The van der Waals surface area contributed by atoms with Crippen molar-refractivity contribution in [2.75, 3.05) is 13.6 Å². The summed E-state index contributed by atoms with van der Waals surface area (Å²) < 4.78 is 15.6. The molecule has 0 bridgehead atoms. The first-order chi connectivity index (χ1) is 20.4. The molecule has 9 heteroatoms. The van der Waals surface area contributed by atoms with Gasteiger partial charge in [0.15, 0.2) is 0 Å². The van der Waals surface area contributed by atoms with Crippen LogP contribution in [0, 0.1) is 33.5 Å². The Morgan fingerprint density at radius 2 is 1.72 bits per heavy atom. The van der Waals surface area contributed by atoms with Crippen LogP contribution in [0.5, 0.6) is 0 Å². The molecule has 2 aromatic carbocycles. The molecule has 2 heterocycles. The van der Waals surface area contributed by atoms with Crippen molar-refractivity contribution in [1.29, 1.82) is 0 Å². The van der Waals surface area contributed by atoms with E-state index in [1.54, 1.807) is 25.1 Å². The first-order valence-corrected chi connectivity index (χ1v) is 14.8. The maximum Gasteiger partial charge on any atom is 0.305 e. The van der Waals surface area contributed by atoms with E-state index in [1.165, 1.54) is 0 Å². The Morgan fingerprint density at radius 1 is 1.02 bits per heavy atom. The minimum Gasteiger partial charge on any atom is -0.481 e. The molecule has 3 N–H and O–H groups in total. The average molecular weight is 589 g/mol. The van der Waals surface area contributed by atoms with Crippen LogP contribution in [0.25, 0.3) is 11.1 Å². The molecule has 0 fully saturated rings. The van der Waals surface area contributed by atoms with E-state index >= 15 is 4.39 Å². The second-order valence-corrected chi connectivity index (χ2v) is 11.7. The maximum absolute atomic E-state index is 15.6. The second kappa shape index (κ2) is 13.5. The highest BCUT2D eigenvalue weighted by Crippen LogP contribution is 2.34. The van der Waals surface area contributed by atoms with E-state index in [1.807, 2.05) is 52.9 Å². The Hall–Kier alpha value is -4.11. The number of carboxylic acids is 1. The minimum absolute atomic E-state index is 0.0900. The summed E-state index contributed by atoms with van der Waals surface area (Å²) in [6.07, 6.45) is 1.23. The lowest BCUT2D eigenvalue weighted by molar-refractivity contribution is -0.137. The van der Waals surface area contributed by atoms with Crippen LogP contribution in [0.3, 0.4) is 0 Å². The van der Waals surface area contributed by atoms with E-state index in [2.05, 4.69) is 20.5 Å². The predicted octanol–water partition coefficient (Wildman–Crippen LogP) is 5.34. The number of carboxylic acid groups (broad SMARTS) is 1. The van der Waals surface area contributed by atoms with Gasteiger partial charge in [-0.1, -0.05) is 37.1 Å². The lowest BCUT2D eigenvalue weighted by atomic mass is 9.89. The summed E-state index contributed by atoms with van der Waals surface area (Å²) in [6.45, 7) is 11.0. The van der Waals surface area contributed by atoms with E-state index in [-0.39, 0.29) is 11.3 Å². The van der Waals surface area contributed by atoms with E-state index < -0.39 is 42.1 Å². The largest absolute Gasteiger partial charge is 0.481 e. The van der Waals surface area contributed by atoms with Gasteiger partial charge < -0.3 is 20.6 Å². The van der Waals surface area contributed by atoms with E-state index in [0.717, 1.165) is 52.0 Å². The number of carbonyl (C=O) groups excluding carboxylic acids is 2. The lowest BCUT2D eigenvalue weighted by Gasteiger charge is -2.25. The molecule has 228 valence electrons. The SMILES string of the molecule is CCC[C@H](NC(=O)c1ccc2c(n1)CN(C)CC2)C(=O)NC(CC(=O)O)c1cc(-c2c(C)cc(C)cc2C)cc(C)c1F. The Balaban J connectivity index is 1.62. The number of likely N-dealkylation sites (N-methyl/N-ethyl adjacent to an activating group) is 1. The van der Waals surface area contributed by atoms with Crippen LogP contribution >= 0.6 is 0 Å². The Labute approximate surface area is 252 Å². The van der Waals surface area contributed by atoms with Crippen LogP contribution in [0.1, 0.15) is 81.8 Å². The van der Waals surface area contributed by atoms with Gasteiger partial charge in [-0.2, -0.15) is 0 Å². The number of hydrogen-bond donors (Lipinski definition) is 3. The van der Waals surface area contributed by atoms with Crippen molar-refractivity contribution in [2.45, 2.75) is 78.9 Å². The van der Waals surface area contributed by atoms with Crippen LogP contribution < -0.4 is 10.6 Å². The highest BCUT2D eigenvalue weighted by Gasteiger charge is 2.28. The Morgan fingerprint density at radius 3 is 2.37 bits per heavy atom. The van der Waals surface area contributed by atoms with Gasteiger partial charge in [-0.05, 0) is 99.2 Å². The van der Waals surface area contributed by atoms with Crippen LogP contribution in [-0.2, 0) is 22.6 Å². The summed E-state index contributed by atoms with van der Waals surface area (Å²) in [6, 6.07) is 8.92. The van der Waals surface area contributed by atoms with Crippen LogP contribution in [0.4, 0.5) is 4.39 Å². The third kappa shape index (κ3) is 7.46. The topological polar surface area (TPSA) is 112 Å². The number of aliphatic carboxylic acids is 1. The quantitative estimate of drug-likeness (QED) is 0.295. The smallest absolute Gasteiger partial charge is 0.305 e. The number of pyridine rings is 1. The van der Waals surface area contributed by atoms with Crippen molar-refractivity contribution in [2.24, 2.45) is 0 Å². The molecule has 0 saturated heterocycles. The molecule has 8 nitrogen and oxygen atoms in total. The van der Waals surface area contributed by atoms with E-state index in [4.69, 9.17) is 0 Å². The van der Waals surface area contributed by atoms with Crippen molar-refractivity contribution in [3.63, 3.8) is 0 Å². The van der Waals surface area contributed by atoms with Crippen LogP contribution in [0.15, 0.2) is 36.4 Å². The summed E-state index contributed by atoms with van der Waals surface area (Å²) in [5.41, 5.74) is 7.41. The molecule has 0 aliphatic carbocycles. The first kappa shape index (κ1) is 31.8. The molecule has 0 saturated carbocycles. The fraction of sp³-hybridized carbons (Fsp3) is 0.412. The number of nitrogens with zero attached hydrogens (tertiary/aromatic N) is 2. The number of nitrogens with one attached hydrogen (secondary N) is 2. The van der Waals surface area contributed by atoms with E-state index in [0.29, 0.717) is 24.9 Å². The zero-order chi connectivity index (χ0) is 31.4. The summed E-state index contributed by atoms with van der Waals surface area (Å²) in [5, 5.41) is 15.2. The van der Waals surface area contributed by atoms with Gasteiger partial charge in [0.05, 0.1) is 18.2 Å². The number of rotatable bonds is 10. The maximum atomic E-state index is 15.6. The highest BCUT2D eigenvalue weighted by atomic mass is 19.1. The van der Waals surface area contributed by atoms with Gasteiger partial charge in [-0.15, -0.1) is 0 Å². The van der Waals surface area contributed by atoms with Gasteiger partial charge >= 0.3 is 5.97 Å². The van der Waals surface area contributed by atoms with Gasteiger partial charge in [0.25, 0.3) is 5.91 Å². The summed E-state index contributed by atoms with van der Waals surface area (Å²) in [5.74, 6) is -2.83. The first-order valence-electron chi connectivity index (χ1n) is 14.8. The van der Waals surface area contributed by atoms with Gasteiger partial charge in [-0.25, -0.2) is 9.37 Å². The standard InChI is InChI=1S/C34H41FN4O4/c1-7-8-26(37-34(43)27-10-9-23-11-12-39(6)18-29(23)36-27)33(42)38-28(17-30(40)41)25-16-24(15-22(5)32(25)35)31-20(3)13-19(2)14-21(31)4/h9-10,13-16,26,28H,7-8,11-12,17-18H2,1-6H3,(H,37,43)(H,38,42)(H,40,41)/t26-,28?/m0/s1. The van der Waals surface area contributed by atoms with Crippen molar-refractivity contribution in [3.05, 3.63) is 87.0 Å². The van der Waals surface area contributed by atoms with Crippen molar-refractivity contribution in [1.82, 2.24) is 20.5 Å². The lowest BCUT2D eigenvalue weighted by Crippen LogP contribution is -2.48. The molecule has 2 amide bonds. The summed E-state index contributed by atoms with van der Waals surface area (Å²) in [7, 11) is 2.00. The molecule has 1 aliphatic rings. The van der Waals surface area contributed by atoms with Gasteiger partial charge in [-0.3, -0.25) is 14.4 Å². The van der Waals surface area contributed by atoms with E-state index in [9.17, 15) is 19.5 Å². The van der Waals surface area contributed by atoms with Gasteiger partial charge in [0, 0.05) is 18.7 Å². The normalized spacial score (nSPS) is 14.5. The molecular weight excluding hydrogens is 547 g/mol. The molecular formula is C34H41FN4O4. The number of benzene rings is 2. The van der Waals surface area contributed by atoms with Gasteiger partial charge in [0.2, 0.25) is 5.91 Å². The number of fused-ring (bicyclic) bond motifs is 1. The number of amides is 2. The molecule has 43 heavy (non-hydrogen) atoms.